The molecule has 1 heterocycles. The third-order valence-electron chi connectivity index (χ3n) is 3.44. The maximum atomic E-state index is 13.4. The number of benzene rings is 2. The van der Waals surface area contributed by atoms with Crippen LogP contribution in [-0.2, 0) is 6.54 Å². The van der Waals surface area contributed by atoms with Gasteiger partial charge in [-0.05, 0) is 55.6 Å². The maximum Gasteiger partial charge on any atom is 0.135 e. The summed E-state index contributed by atoms with van der Waals surface area (Å²) in [4.78, 5) is 1.82. The van der Waals surface area contributed by atoms with Gasteiger partial charge in [-0.3, -0.25) is 5.41 Å². The predicted octanol–water partition coefficient (Wildman–Crippen LogP) is 4.70. The van der Waals surface area contributed by atoms with Gasteiger partial charge in [-0.2, -0.15) is 0 Å². The molecule has 0 saturated heterocycles. The number of nitrogens with zero attached hydrogens (tertiary/aromatic N) is 1. The molecule has 0 saturated carbocycles. The van der Waals surface area contributed by atoms with Crippen LogP contribution in [0.1, 0.15) is 11.1 Å². The van der Waals surface area contributed by atoms with Gasteiger partial charge >= 0.3 is 0 Å². The van der Waals surface area contributed by atoms with Crippen LogP contribution in [0.25, 0.3) is 0 Å². The van der Waals surface area contributed by atoms with Crippen LogP contribution in [0.5, 0.6) is 5.75 Å². The van der Waals surface area contributed by atoms with Crippen LogP contribution in [-0.4, -0.2) is 12.9 Å². The molecule has 0 atom stereocenters. The molecule has 6 heteroatoms. The average Bonchev–Trinajstić information content (AvgIpc) is 2.76. The highest BCUT2D eigenvalue weighted by Crippen LogP contribution is 2.39. The van der Waals surface area contributed by atoms with Crippen molar-refractivity contribution in [3.63, 3.8) is 0 Å². The first-order valence-corrected chi connectivity index (χ1v) is 7.78. The number of amidine groups is 1. The molecule has 0 bridgehead atoms. The number of ether oxygens (including phenoxy) is 1. The highest BCUT2D eigenvalue weighted by molar-refractivity contribution is 9.11. The van der Waals surface area contributed by atoms with E-state index in [-0.39, 0.29) is 11.7 Å². The number of anilines is 1. The summed E-state index contributed by atoms with van der Waals surface area (Å²) >= 11 is 6.94. The minimum absolute atomic E-state index is 0.287. The van der Waals surface area contributed by atoms with Gasteiger partial charge in [0.1, 0.15) is 17.4 Å². The van der Waals surface area contributed by atoms with Crippen LogP contribution in [0.15, 0.2) is 39.3 Å². The van der Waals surface area contributed by atoms with Gasteiger partial charge in [-0.25, -0.2) is 4.39 Å². The fraction of sp³-hybridized carbons (Fsp3) is 0.133. The lowest BCUT2D eigenvalue weighted by Crippen LogP contribution is -2.23. The zero-order valence-corrected chi connectivity index (χ0v) is 14.3. The van der Waals surface area contributed by atoms with E-state index in [1.165, 1.54) is 12.1 Å². The Hall–Kier alpha value is -1.40. The second kappa shape index (κ2) is 5.42. The molecule has 2 aromatic rings. The summed E-state index contributed by atoms with van der Waals surface area (Å²) in [6, 6.07) is 8.29. The Labute approximate surface area is 138 Å². The van der Waals surface area contributed by atoms with Crippen molar-refractivity contribution in [2.24, 2.45) is 0 Å². The van der Waals surface area contributed by atoms with Crippen molar-refractivity contribution in [1.29, 1.82) is 5.41 Å². The van der Waals surface area contributed by atoms with Gasteiger partial charge in [-0.15, -0.1) is 0 Å². The van der Waals surface area contributed by atoms with Gasteiger partial charge in [0.05, 0.1) is 23.8 Å². The molecule has 0 fully saturated rings. The molecule has 108 valence electrons. The van der Waals surface area contributed by atoms with Gasteiger partial charge in [-0.1, -0.05) is 6.07 Å². The summed E-state index contributed by atoms with van der Waals surface area (Å²) in [5.74, 6) is 0.644. The van der Waals surface area contributed by atoms with Gasteiger partial charge in [0.2, 0.25) is 0 Å². The zero-order valence-electron chi connectivity index (χ0n) is 11.1. The molecular formula is C15H11Br2FN2O. The summed E-state index contributed by atoms with van der Waals surface area (Å²) in [6.07, 6.45) is 0. The first-order valence-electron chi connectivity index (χ1n) is 6.19. The Morgan fingerprint density at radius 3 is 2.67 bits per heavy atom. The van der Waals surface area contributed by atoms with Crippen molar-refractivity contribution in [3.8, 4) is 5.75 Å². The van der Waals surface area contributed by atoms with Crippen LogP contribution >= 0.6 is 31.9 Å². The lowest BCUT2D eigenvalue weighted by molar-refractivity contribution is 0.412. The van der Waals surface area contributed by atoms with Gasteiger partial charge < -0.3 is 9.64 Å². The Kier molecular flexibility index (Phi) is 3.75. The second-order valence-corrected chi connectivity index (χ2v) is 6.38. The first kappa shape index (κ1) is 14.5. The van der Waals surface area contributed by atoms with Crippen molar-refractivity contribution < 1.29 is 9.13 Å². The van der Waals surface area contributed by atoms with Crippen LogP contribution in [0.3, 0.4) is 0 Å². The minimum atomic E-state index is -0.326. The Bertz CT molecular complexity index is 749. The molecule has 0 spiro atoms. The normalized spacial score (nSPS) is 13.5. The predicted molar refractivity (Wildman–Crippen MR) is 87.8 cm³/mol. The minimum Gasteiger partial charge on any atom is -0.495 e. The third-order valence-corrected chi connectivity index (χ3v) is 4.69. The highest BCUT2D eigenvalue weighted by atomic mass is 79.9. The third kappa shape index (κ3) is 2.46. The van der Waals surface area contributed by atoms with Crippen molar-refractivity contribution in [3.05, 3.63) is 56.2 Å². The van der Waals surface area contributed by atoms with Crippen LogP contribution in [0.4, 0.5) is 10.1 Å². The van der Waals surface area contributed by atoms with E-state index in [9.17, 15) is 4.39 Å². The highest BCUT2D eigenvalue weighted by Gasteiger charge is 2.27. The number of halogens is 3. The Balaban J connectivity index is 2.06. The van der Waals surface area contributed by atoms with Crippen LogP contribution < -0.4 is 9.64 Å². The van der Waals surface area contributed by atoms with E-state index in [0.717, 1.165) is 20.2 Å². The molecule has 0 unspecified atom stereocenters. The topological polar surface area (TPSA) is 36.3 Å². The fourth-order valence-electron chi connectivity index (χ4n) is 2.39. The molecule has 1 aliphatic heterocycles. The number of methoxy groups -OCH3 is 1. The summed E-state index contributed by atoms with van der Waals surface area (Å²) in [5, 5.41) is 8.29. The van der Waals surface area contributed by atoms with E-state index in [1.54, 1.807) is 13.2 Å². The van der Waals surface area contributed by atoms with Crippen molar-refractivity contribution in [2.45, 2.75) is 6.54 Å². The summed E-state index contributed by atoms with van der Waals surface area (Å²) in [6.45, 7) is 0.540. The number of hydrogen-bond acceptors (Lipinski definition) is 2. The SMILES string of the molecule is COc1cc(N2Cc3ccc(F)cc3C2=N)c(Br)cc1Br. The zero-order chi connectivity index (χ0) is 15.1. The fourth-order valence-corrected chi connectivity index (χ4v) is 3.76. The molecule has 3 rings (SSSR count). The van der Waals surface area contributed by atoms with Gasteiger partial charge in [0.15, 0.2) is 0 Å². The number of nitrogens with one attached hydrogen (secondary N) is 1. The molecule has 0 aliphatic carbocycles. The molecule has 0 aromatic heterocycles. The average molecular weight is 414 g/mol. The quantitative estimate of drug-likeness (QED) is 0.774. The smallest absolute Gasteiger partial charge is 0.135 e. The molecule has 2 aromatic carbocycles. The molecule has 3 nitrogen and oxygen atoms in total. The van der Waals surface area contributed by atoms with Crippen LogP contribution in [0, 0.1) is 11.2 Å². The van der Waals surface area contributed by atoms with Crippen molar-refractivity contribution in [1.82, 2.24) is 0 Å². The molecular weight excluding hydrogens is 403 g/mol. The lowest BCUT2D eigenvalue weighted by atomic mass is 10.1. The lowest BCUT2D eigenvalue weighted by Gasteiger charge is -2.21. The van der Waals surface area contributed by atoms with Gasteiger partial charge in [0.25, 0.3) is 0 Å². The number of hydrogen-bond donors (Lipinski definition) is 1. The Morgan fingerprint density at radius 1 is 1.19 bits per heavy atom. The summed E-state index contributed by atoms with van der Waals surface area (Å²) in [5.41, 5.74) is 2.38. The van der Waals surface area contributed by atoms with E-state index in [1.807, 2.05) is 17.0 Å². The molecule has 21 heavy (non-hydrogen) atoms. The standard InChI is InChI=1S/C15H11Br2FN2O/c1-21-14-6-13(11(16)5-12(14)17)20-7-8-2-3-9(18)4-10(8)15(20)19/h2-6,19H,7H2,1H3. The first-order chi connectivity index (χ1) is 10.0. The van der Waals surface area contributed by atoms with E-state index in [0.29, 0.717) is 17.9 Å². The number of fused-ring (bicyclic) bond motifs is 1. The largest absolute Gasteiger partial charge is 0.495 e. The number of rotatable bonds is 2. The van der Waals surface area contributed by atoms with Crippen molar-refractivity contribution >= 4 is 43.4 Å². The molecule has 1 N–H and O–H groups in total. The Morgan fingerprint density at radius 2 is 1.95 bits per heavy atom. The van der Waals surface area contributed by atoms with E-state index in [2.05, 4.69) is 31.9 Å². The summed E-state index contributed by atoms with van der Waals surface area (Å²) < 4.78 is 20.3. The maximum absolute atomic E-state index is 13.4. The molecule has 0 amide bonds. The van der Waals surface area contributed by atoms with Gasteiger partial charge in [0, 0.05) is 16.1 Å². The van der Waals surface area contributed by atoms with Crippen molar-refractivity contribution in [2.75, 3.05) is 12.0 Å². The van der Waals surface area contributed by atoms with E-state index in [4.69, 9.17) is 10.1 Å². The van der Waals surface area contributed by atoms with Crippen LogP contribution in [0.2, 0.25) is 0 Å². The molecule has 1 aliphatic rings. The monoisotopic (exact) mass is 412 g/mol. The van der Waals surface area contributed by atoms with E-state index >= 15 is 0 Å². The molecule has 0 radical (unpaired) electrons. The second-order valence-electron chi connectivity index (χ2n) is 4.67. The summed E-state index contributed by atoms with van der Waals surface area (Å²) in [7, 11) is 1.59. The van der Waals surface area contributed by atoms with E-state index < -0.39 is 0 Å².